The van der Waals surface area contributed by atoms with Crippen molar-refractivity contribution in [3.8, 4) is 11.3 Å². The van der Waals surface area contributed by atoms with Crippen molar-refractivity contribution in [3.05, 3.63) is 76.5 Å². The number of nitrogens with one attached hydrogen (secondary N) is 1. The van der Waals surface area contributed by atoms with Crippen LogP contribution in [0.3, 0.4) is 0 Å². The Balaban J connectivity index is 1.39. The maximum Gasteiger partial charge on any atom is 0.224 e. The number of aryl methyl sites for hydroxylation is 2. The van der Waals surface area contributed by atoms with Gasteiger partial charge in [0, 0.05) is 31.3 Å². The molecule has 3 aromatic rings. The van der Waals surface area contributed by atoms with Crippen LogP contribution >= 0.6 is 11.6 Å². The van der Waals surface area contributed by atoms with Crippen LogP contribution < -0.4 is 5.32 Å². The minimum absolute atomic E-state index is 0.0277. The van der Waals surface area contributed by atoms with Gasteiger partial charge in [-0.1, -0.05) is 35.9 Å². The molecule has 0 radical (unpaired) electrons. The highest BCUT2D eigenvalue weighted by molar-refractivity contribution is 6.30. The van der Waals surface area contributed by atoms with E-state index in [0.29, 0.717) is 12.1 Å². The summed E-state index contributed by atoms with van der Waals surface area (Å²) in [7, 11) is 0. The number of carbonyl (C=O) groups is 1. The number of nitrogens with zero attached hydrogens (tertiary/aromatic N) is 2. The van der Waals surface area contributed by atoms with Gasteiger partial charge in [0.25, 0.3) is 0 Å². The molecule has 0 bridgehead atoms. The van der Waals surface area contributed by atoms with Crippen LogP contribution in [0.5, 0.6) is 0 Å². The molecule has 1 aromatic heterocycles. The largest absolute Gasteiger partial charge is 0.352 e. The molecule has 1 N–H and O–H groups in total. The lowest BCUT2D eigenvalue weighted by Crippen LogP contribution is -2.24. The van der Waals surface area contributed by atoms with E-state index in [4.69, 9.17) is 16.6 Å². The highest BCUT2D eigenvalue weighted by Gasteiger charge is 2.14. The number of hydrogen-bond donors (Lipinski definition) is 1. The zero-order valence-electron chi connectivity index (χ0n) is 14.7. The van der Waals surface area contributed by atoms with Crippen LogP contribution in [-0.4, -0.2) is 15.5 Å². The first-order chi connectivity index (χ1) is 13.1. The first-order valence-corrected chi connectivity index (χ1v) is 9.32. The van der Waals surface area contributed by atoms with Crippen LogP contribution in [0.15, 0.2) is 48.7 Å². The number of amides is 1. The number of halogens is 2. The maximum atomic E-state index is 13.2. The van der Waals surface area contributed by atoms with E-state index >= 15 is 0 Å². The number of fused-ring (bicyclic) bond motifs is 1. The van der Waals surface area contributed by atoms with Crippen LogP contribution in [-0.2, 0) is 30.7 Å². The van der Waals surface area contributed by atoms with Gasteiger partial charge in [0.1, 0.15) is 11.6 Å². The fourth-order valence-corrected chi connectivity index (χ4v) is 3.54. The van der Waals surface area contributed by atoms with Crippen molar-refractivity contribution in [2.45, 2.75) is 32.4 Å². The van der Waals surface area contributed by atoms with Gasteiger partial charge in [-0.2, -0.15) is 0 Å². The average Bonchev–Trinajstić information content (AvgIpc) is 3.25. The molecule has 4 nitrogen and oxygen atoms in total. The van der Waals surface area contributed by atoms with E-state index in [1.54, 1.807) is 6.07 Å². The zero-order chi connectivity index (χ0) is 18.8. The summed E-state index contributed by atoms with van der Waals surface area (Å²) in [6, 6.07) is 12.4. The number of carbonyl (C=O) groups excluding carboxylic acids is 1. The average molecular weight is 384 g/mol. The van der Waals surface area contributed by atoms with Crippen molar-refractivity contribution in [3.63, 3.8) is 0 Å². The maximum absolute atomic E-state index is 13.2. The van der Waals surface area contributed by atoms with Gasteiger partial charge >= 0.3 is 0 Å². The molecule has 0 aliphatic carbocycles. The molecule has 0 atom stereocenters. The quantitative estimate of drug-likeness (QED) is 0.719. The third kappa shape index (κ3) is 4.03. The van der Waals surface area contributed by atoms with Crippen molar-refractivity contribution in [2.75, 3.05) is 0 Å². The summed E-state index contributed by atoms with van der Waals surface area (Å²) < 4.78 is 15.4. The lowest BCUT2D eigenvalue weighted by Gasteiger charge is -2.07. The second-order valence-corrected chi connectivity index (χ2v) is 7.15. The highest BCUT2D eigenvalue weighted by Crippen LogP contribution is 2.23. The molecule has 0 spiro atoms. The first-order valence-electron chi connectivity index (χ1n) is 8.94. The second kappa shape index (κ2) is 7.53. The topological polar surface area (TPSA) is 46.9 Å². The van der Waals surface area contributed by atoms with Gasteiger partial charge in [-0.25, -0.2) is 9.37 Å². The Labute approximate surface area is 162 Å². The summed E-state index contributed by atoms with van der Waals surface area (Å²) in [6.45, 7) is 1.46. The van der Waals surface area contributed by atoms with Crippen molar-refractivity contribution in [1.82, 2.24) is 14.9 Å². The van der Waals surface area contributed by atoms with Crippen LogP contribution in [0.1, 0.15) is 23.4 Å². The normalized spacial score (nSPS) is 12.8. The van der Waals surface area contributed by atoms with E-state index in [2.05, 4.69) is 16.1 Å². The Morgan fingerprint density at radius 3 is 2.93 bits per heavy atom. The molecule has 1 amide bonds. The molecule has 0 unspecified atom stereocenters. The number of hydrogen-bond acceptors (Lipinski definition) is 2. The van der Waals surface area contributed by atoms with Gasteiger partial charge in [-0.05, 0) is 35.7 Å². The molecule has 0 fully saturated rings. The predicted molar refractivity (Wildman–Crippen MR) is 103 cm³/mol. The minimum atomic E-state index is -0.483. The minimum Gasteiger partial charge on any atom is -0.352 e. The summed E-state index contributed by atoms with van der Waals surface area (Å²) in [4.78, 5) is 16.9. The molecule has 1 aliphatic rings. The monoisotopic (exact) mass is 383 g/mol. The second-order valence-electron chi connectivity index (χ2n) is 6.74. The Kier molecular flexibility index (Phi) is 4.94. The van der Waals surface area contributed by atoms with Gasteiger partial charge in [-0.15, -0.1) is 0 Å². The Hall–Kier alpha value is -2.66. The smallest absolute Gasteiger partial charge is 0.224 e. The summed E-state index contributed by atoms with van der Waals surface area (Å²) in [6.07, 6.45) is 4.45. The zero-order valence-corrected chi connectivity index (χ0v) is 15.5. The number of benzene rings is 2. The molecule has 0 saturated carbocycles. The van der Waals surface area contributed by atoms with Crippen molar-refractivity contribution in [1.29, 1.82) is 0 Å². The number of aromatic nitrogens is 2. The number of imidazole rings is 1. The van der Waals surface area contributed by atoms with E-state index in [9.17, 15) is 9.18 Å². The lowest BCUT2D eigenvalue weighted by molar-refractivity contribution is -0.120. The van der Waals surface area contributed by atoms with E-state index in [1.165, 1.54) is 12.1 Å². The SMILES string of the molecule is O=C(Cc1ccc(F)c(Cl)c1)NCc1cccc(-c2cn3c(n2)CCC3)c1. The summed E-state index contributed by atoms with van der Waals surface area (Å²) in [5.41, 5.74) is 3.71. The molecular weight excluding hydrogens is 365 g/mol. The summed E-state index contributed by atoms with van der Waals surface area (Å²) in [5.74, 6) is 0.522. The third-order valence-electron chi connectivity index (χ3n) is 4.72. The van der Waals surface area contributed by atoms with E-state index < -0.39 is 5.82 Å². The van der Waals surface area contributed by atoms with Gasteiger partial charge in [0.2, 0.25) is 5.91 Å². The highest BCUT2D eigenvalue weighted by atomic mass is 35.5. The van der Waals surface area contributed by atoms with Crippen LogP contribution in [0.2, 0.25) is 5.02 Å². The molecule has 0 saturated heterocycles. The van der Waals surface area contributed by atoms with Crippen molar-refractivity contribution in [2.24, 2.45) is 0 Å². The Morgan fingerprint density at radius 1 is 1.22 bits per heavy atom. The van der Waals surface area contributed by atoms with E-state index in [-0.39, 0.29) is 17.4 Å². The predicted octanol–water partition coefficient (Wildman–Crippen LogP) is 4.15. The fraction of sp³-hybridized carbons (Fsp3) is 0.238. The molecule has 4 rings (SSSR count). The van der Waals surface area contributed by atoms with Gasteiger partial charge in [0.15, 0.2) is 0 Å². The Bertz CT molecular complexity index is 977. The van der Waals surface area contributed by atoms with Gasteiger partial charge < -0.3 is 9.88 Å². The van der Waals surface area contributed by atoms with Gasteiger partial charge in [-0.3, -0.25) is 4.79 Å². The number of rotatable bonds is 5. The van der Waals surface area contributed by atoms with Gasteiger partial charge in [0.05, 0.1) is 17.1 Å². The third-order valence-corrected chi connectivity index (χ3v) is 5.01. The molecule has 6 heteroatoms. The summed E-state index contributed by atoms with van der Waals surface area (Å²) >= 11 is 5.76. The molecule has 138 valence electrons. The molecule has 1 aliphatic heterocycles. The fourth-order valence-electron chi connectivity index (χ4n) is 3.33. The first kappa shape index (κ1) is 17.7. The van der Waals surface area contributed by atoms with Crippen molar-refractivity contribution >= 4 is 17.5 Å². The van der Waals surface area contributed by atoms with E-state index in [0.717, 1.165) is 42.0 Å². The summed E-state index contributed by atoms with van der Waals surface area (Å²) in [5, 5.41) is 2.93. The van der Waals surface area contributed by atoms with Crippen LogP contribution in [0, 0.1) is 5.82 Å². The molecule has 2 aromatic carbocycles. The Morgan fingerprint density at radius 2 is 2.11 bits per heavy atom. The standard InChI is InChI=1S/C21H19ClFN3O/c22-17-10-14(6-7-18(17)23)11-21(27)24-12-15-3-1-4-16(9-15)19-13-26-8-2-5-20(26)25-19/h1,3-4,6-7,9-10,13H,2,5,8,11-12H2,(H,24,27). The van der Waals surface area contributed by atoms with Crippen molar-refractivity contribution < 1.29 is 9.18 Å². The van der Waals surface area contributed by atoms with Crippen LogP contribution in [0.25, 0.3) is 11.3 Å². The molecular formula is C21H19ClFN3O. The van der Waals surface area contributed by atoms with E-state index in [1.807, 2.05) is 24.3 Å². The lowest BCUT2D eigenvalue weighted by atomic mass is 10.1. The molecule has 2 heterocycles. The molecule has 27 heavy (non-hydrogen) atoms. The van der Waals surface area contributed by atoms with Crippen LogP contribution in [0.4, 0.5) is 4.39 Å².